The summed E-state index contributed by atoms with van der Waals surface area (Å²) < 4.78 is 0. The molecule has 5 nitrogen and oxygen atoms in total. The summed E-state index contributed by atoms with van der Waals surface area (Å²) in [5.41, 5.74) is 6.54. The van der Waals surface area contributed by atoms with Crippen molar-refractivity contribution in [1.82, 2.24) is 4.98 Å². The van der Waals surface area contributed by atoms with Gasteiger partial charge in [0, 0.05) is 6.04 Å². The third kappa shape index (κ3) is 2.86. The van der Waals surface area contributed by atoms with E-state index in [2.05, 4.69) is 16.4 Å². The fourth-order valence-electron chi connectivity index (χ4n) is 2.09. The maximum atomic E-state index is 9.42. The molecule has 0 aliphatic heterocycles. The van der Waals surface area contributed by atoms with Crippen molar-refractivity contribution in [2.75, 3.05) is 11.1 Å². The van der Waals surface area contributed by atoms with Crippen LogP contribution >= 0.6 is 0 Å². The molecule has 1 aliphatic rings. The highest BCUT2D eigenvalue weighted by molar-refractivity contribution is 5.57. The van der Waals surface area contributed by atoms with E-state index in [-0.39, 0.29) is 12.1 Å². The smallest absolute Gasteiger partial charge is 0.144 e. The number of aliphatic hydroxyl groups excluding tert-OH is 1. The number of aliphatic hydroxyl groups is 1. The van der Waals surface area contributed by atoms with Crippen molar-refractivity contribution in [2.24, 2.45) is 0 Å². The molecule has 0 radical (unpaired) electrons. The zero-order valence-electron chi connectivity index (χ0n) is 9.56. The molecule has 1 aliphatic carbocycles. The number of nitrogen functional groups attached to an aromatic ring is 1. The maximum absolute atomic E-state index is 9.42. The van der Waals surface area contributed by atoms with Gasteiger partial charge in [-0.05, 0) is 31.7 Å². The number of nitrogens with one attached hydrogen (secondary N) is 1. The molecule has 5 heteroatoms. The third-order valence-electron chi connectivity index (χ3n) is 3.07. The first-order valence-corrected chi connectivity index (χ1v) is 5.79. The summed E-state index contributed by atoms with van der Waals surface area (Å²) in [6, 6.07) is 3.98. The van der Waals surface area contributed by atoms with Crippen molar-refractivity contribution in [2.45, 2.75) is 37.8 Å². The Hall–Kier alpha value is -1.80. The average Bonchev–Trinajstić information content (AvgIpc) is 2.34. The van der Waals surface area contributed by atoms with Gasteiger partial charge in [0.1, 0.15) is 11.9 Å². The van der Waals surface area contributed by atoms with Crippen LogP contribution in [0.4, 0.5) is 11.5 Å². The Bertz CT molecular complexity index is 433. The van der Waals surface area contributed by atoms with Crippen LogP contribution < -0.4 is 11.1 Å². The number of hydrogen-bond acceptors (Lipinski definition) is 5. The average molecular weight is 232 g/mol. The van der Waals surface area contributed by atoms with Gasteiger partial charge in [0.2, 0.25) is 0 Å². The van der Waals surface area contributed by atoms with Gasteiger partial charge in [0.15, 0.2) is 0 Å². The topological polar surface area (TPSA) is 95.0 Å². The van der Waals surface area contributed by atoms with Crippen molar-refractivity contribution in [3.05, 3.63) is 17.8 Å². The molecule has 0 atom stereocenters. The highest BCUT2D eigenvalue weighted by Crippen LogP contribution is 2.23. The van der Waals surface area contributed by atoms with Crippen LogP contribution in [-0.4, -0.2) is 22.2 Å². The van der Waals surface area contributed by atoms with Gasteiger partial charge in [-0.2, -0.15) is 5.26 Å². The first-order valence-electron chi connectivity index (χ1n) is 5.79. The predicted octanol–water partition coefficient (Wildman–Crippen LogP) is 1.25. The molecule has 0 amide bonds. The van der Waals surface area contributed by atoms with Crippen molar-refractivity contribution < 1.29 is 5.11 Å². The van der Waals surface area contributed by atoms with E-state index in [4.69, 9.17) is 11.0 Å². The number of nitrogens with two attached hydrogens (primary N) is 1. The molecule has 0 spiro atoms. The van der Waals surface area contributed by atoms with Crippen LogP contribution in [0.3, 0.4) is 0 Å². The highest BCUT2D eigenvalue weighted by Gasteiger charge is 2.20. The third-order valence-corrected chi connectivity index (χ3v) is 3.07. The Morgan fingerprint density at radius 3 is 2.76 bits per heavy atom. The van der Waals surface area contributed by atoms with Crippen molar-refractivity contribution >= 4 is 11.5 Å². The summed E-state index contributed by atoms with van der Waals surface area (Å²) >= 11 is 0. The first-order chi connectivity index (χ1) is 8.19. The quantitative estimate of drug-likeness (QED) is 0.713. The molecule has 0 saturated heterocycles. The molecule has 4 N–H and O–H groups in total. The number of nitriles is 1. The molecule has 17 heavy (non-hydrogen) atoms. The predicted molar refractivity (Wildman–Crippen MR) is 65.2 cm³/mol. The van der Waals surface area contributed by atoms with Crippen LogP contribution in [0.5, 0.6) is 0 Å². The molecule has 1 heterocycles. The molecule has 0 bridgehead atoms. The molecule has 0 aromatic carbocycles. The summed E-state index contributed by atoms with van der Waals surface area (Å²) in [7, 11) is 0. The van der Waals surface area contributed by atoms with Crippen LogP contribution in [-0.2, 0) is 0 Å². The Labute approximate surface area is 100 Å². The normalized spacial score (nSPS) is 24.0. The molecule has 2 rings (SSSR count). The van der Waals surface area contributed by atoms with E-state index in [1.54, 1.807) is 12.3 Å². The van der Waals surface area contributed by atoms with Gasteiger partial charge >= 0.3 is 0 Å². The molecular weight excluding hydrogens is 216 g/mol. The summed E-state index contributed by atoms with van der Waals surface area (Å²) in [5, 5.41) is 21.7. The van der Waals surface area contributed by atoms with Crippen LogP contribution in [0.1, 0.15) is 31.2 Å². The minimum absolute atomic E-state index is 0.178. The molecule has 1 saturated carbocycles. The Morgan fingerprint density at radius 2 is 2.12 bits per heavy atom. The first kappa shape index (κ1) is 11.7. The van der Waals surface area contributed by atoms with Gasteiger partial charge in [-0.1, -0.05) is 0 Å². The van der Waals surface area contributed by atoms with E-state index in [1.807, 2.05) is 0 Å². The number of pyridine rings is 1. The number of hydrogen-bond donors (Lipinski definition) is 3. The van der Waals surface area contributed by atoms with Crippen molar-refractivity contribution in [1.29, 1.82) is 5.26 Å². The number of nitrogens with zero attached hydrogens (tertiary/aromatic N) is 2. The summed E-state index contributed by atoms with van der Waals surface area (Å²) in [5.74, 6) is 0.586. The fraction of sp³-hybridized carbons (Fsp3) is 0.500. The zero-order chi connectivity index (χ0) is 12.3. The van der Waals surface area contributed by atoms with E-state index in [0.717, 1.165) is 25.7 Å². The Morgan fingerprint density at radius 1 is 1.41 bits per heavy atom. The van der Waals surface area contributed by atoms with Gasteiger partial charge in [-0.15, -0.1) is 0 Å². The standard InChI is InChI=1S/C12H16N4O/c13-6-8-5-9(14)7-15-12(8)16-10-1-3-11(17)4-2-10/h5,7,10-11,17H,1-4,14H2,(H,15,16). The molecular formula is C12H16N4O. The van der Waals surface area contributed by atoms with Crippen molar-refractivity contribution in [3.8, 4) is 6.07 Å². The molecule has 90 valence electrons. The minimum Gasteiger partial charge on any atom is -0.397 e. The zero-order valence-corrected chi connectivity index (χ0v) is 9.56. The largest absolute Gasteiger partial charge is 0.397 e. The molecule has 1 aromatic rings. The second kappa shape index (κ2) is 5.02. The molecule has 1 fully saturated rings. The van der Waals surface area contributed by atoms with E-state index >= 15 is 0 Å². The van der Waals surface area contributed by atoms with Crippen LogP contribution in [0.15, 0.2) is 12.3 Å². The fourth-order valence-corrected chi connectivity index (χ4v) is 2.09. The highest BCUT2D eigenvalue weighted by atomic mass is 16.3. The van der Waals surface area contributed by atoms with Crippen molar-refractivity contribution in [3.63, 3.8) is 0 Å². The van der Waals surface area contributed by atoms with E-state index in [1.165, 1.54) is 0 Å². The van der Waals surface area contributed by atoms with Gasteiger partial charge in [-0.3, -0.25) is 0 Å². The minimum atomic E-state index is -0.178. The van der Waals surface area contributed by atoms with Gasteiger partial charge in [0.25, 0.3) is 0 Å². The summed E-state index contributed by atoms with van der Waals surface area (Å²) in [6.07, 6.45) is 4.77. The summed E-state index contributed by atoms with van der Waals surface area (Å²) in [4.78, 5) is 4.14. The molecule has 1 aromatic heterocycles. The van der Waals surface area contributed by atoms with Gasteiger partial charge in [-0.25, -0.2) is 4.98 Å². The molecule has 0 unspecified atom stereocenters. The lowest BCUT2D eigenvalue weighted by molar-refractivity contribution is 0.126. The number of aromatic nitrogens is 1. The number of anilines is 2. The Balaban J connectivity index is 2.06. The SMILES string of the molecule is N#Cc1cc(N)cnc1NC1CCC(O)CC1. The van der Waals surface area contributed by atoms with Gasteiger partial charge in [0.05, 0.1) is 23.6 Å². The Kier molecular flexibility index (Phi) is 3.45. The second-order valence-corrected chi connectivity index (χ2v) is 4.43. The van der Waals surface area contributed by atoms with Crippen LogP contribution in [0, 0.1) is 11.3 Å². The second-order valence-electron chi connectivity index (χ2n) is 4.43. The van der Waals surface area contributed by atoms with Crippen LogP contribution in [0.2, 0.25) is 0 Å². The van der Waals surface area contributed by atoms with E-state index < -0.39 is 0 Å². The van der Waals surface area contributed by atoms with Gasteiger partial charge < -0.3 is 16.2 Å². The lowest BCUT2D eigenvalue weighted by Gasteiger charge is -2.26. The summed E-state index contributed by atoms with van der Waals surface area (Å²) in [6.45, 7) is 0. The lowest BCUT2D eigenvalue weighted by Crippen LogP contribution is -2.28. The maximum Gasteiger partial charge on any atom is 0.144 e. The lowest BCUT2D eigenvalue weighted by atomic mass is 9.93. The number of rotatable bonds is 2. The van der Waals surface area contributed by atoms with E-state index in [9.17, 15) is 5.11 Å². The monoisotopic (exact) mass is 232 g/mol. The van der Waals surface area contributed by atoms with E-state index in [0.29, 0.717) is 17.1 Å². The van der Waals surface area contributed by atoms with Crippen LogP contribution in [0.25, 0.3) is 0 Å².